The van der Waals surface area contributed by atoms with Gasteiger partial charge in [-0.15, -0.1) is 0 Å². The number of pyridine rings is 1. The zero-order valence-electron chi connectivity index (χ0n) is 17.8. The van der Waals surface area contributed by atoms with E-state index < -0.39 is 0 Å². The van der Waals surface area contributed by atoms with Crippen LogP contribution in [0.5, 0.6) is 5.88 Å². The maximum absolute atomic E-state index is 12.9. The van der Waals surface area contributed by atoms with Crippen LogP contribution in [0.25, 0.3) is 0 Å². The highest BCUT2D eigenvalue weighted by Gasteiger charge is 2.54. The summed E-state index contributed by atoms with van der Waals surface area (Å²) in [4.78, 5) is 23.8. The molecule has 0 unspecified atom stereocenters. The van der Waals surface area contributed by atoms with Crippen molar-refractivity contribution in [2.24, 2.45) is 10.8 Å². The lowest BCUT2D eigenvalue weighted by Gasteiger charge is -2.58. The molecule has 4 aliphatic rings. The van der Waals surface area contributed by atoms with Crippen molar-refractivity contribution in [3.05, 3.63) is 35.5 Å². The molecule has 4 fully saturated rings. The Balaban J connectivity index is 1.03. The number of nitrogens with zero attached hydrogens (tertiary/aromatic N) is 5. The summed E-state index contributed by atoms with van der Waals surface area (Å²) in [5, 5.41) is 4.68. The second kappa shape index (κ2) is 6.28. The molecule has 2 aromatic rings. The van der Waals surface area contributed by atoms with Gasteiger partial charge in [0.05, 0.1) is 18.2 Å². The minimum atomic E-state index is 0.0807. The summed E-state index contributed by atoms with van der Waals surface area (Å²) in [6, 6.07) is 2.36. The number of hydrogen-bond acceptors (Lipinski definition) is 5. The quantitative estimate of drug-likeness (QED) is 0.733. The maximum Gasteiger partial charge on any atom is 0.255 e. The van der Waals surface area contributed by atoms with Gasteiger partial charge in [-0.1, -0.05) is 6.92 Å². The van der Waals surface area contributed by atoms with Crippen LogP contribution in [-0.2, 0) is 0 Å². The summed E-state index contributed by atoms with van der Waals surface area (Å²) < 4.78 is 7.94. The van der Waals surface area contributed by atoms with Gasteiger partial charge < -0.3 is 9.64 Å². The maximum atomic E-state index is 12.9. The van der Waals surface area contributed by atoms with Crippen LogP contribution < -0.4 is 4.74 Å². The van der Waals surface area contributed by atoms with Gasteiger partial charge in [0.15, 0.2) is 5.82 Å². The molecule has 0 radical (unpaired) electrons. The second-order valence-electron chi connectivity index (χ2n) is 10.5. The molecule has 3 aliphatic carbocycles. The number of rotatable bonds is 6. The van der Waals surface area contributed by atoms with Crippen LogP contribution in [0.15, 0.2) is 18.6 Å². The van der Waals surface area contributed by atoms with E-state index in [1.54, 1.807) is 6.20 Å². The van der Waals surface area contributed by atoms with E-state index in [1.807, 2.05) is 24.2 Å². The Bertz CT molecular complexity index is 993. The lowest BCUT2D eigenvalue weighted by Crippen LogP contribution is -2.63. The third-order valence-electron chi connectivity index (χ3n) is 7.46. The van der Waals surface area contributed by atoms with E-state index in [4.69, 9.17) is 4.74 Å². The fraction of sp³-hybridized carbons (Fsp3) is 0.652. The smallest absolute Gasteiger partial charge is 0.255 e. The van der Waals surface area contributed by atoms with E-state index in [0.717, 1.165) is 37.3 Å². The van der Waals surface area contributed by atoms with Gasteiger partial charge in [-0.3, -0.25) is 4.79 Å². The van der Waals surface area contributed by atoms with Crippen molar-refractivity contribution in [1.29, 1.82) is 0 Å². The predicted octanol–water partition coefficient (Wildman–Crippen LogP) is 3.52. The van der Waals surface area contributed by atoms with Crippen LogP contribution in [-0.4, -0.2) is 50.3 Å². The lowest BCUT2D eigenvalue weighted by atomic mass is 9.60. The van der Waals surface area contributed by atoms with Crippen molar-refractivity contribution in [3.63, 3.8) is 0 Å². The molecule has 1 spiro atoms. The van der Waals surface area contributed by atoms with Gasteiger partial charge in [0.2, 0.25) is 5.88 Å². The molecular weight excluding hydrogens is 378 g/mol. The van der Waals surface area contributed by atoms with Gasteiger partial charge >= 0.3 is 0 Å². The summed E-state index contributed by atoms with van der Waals surface area (Å²) >= 11 is 0. The molecule has 0 N–H and O–H groups in total. The van der Waals surface area contributed by atoms with E-state index in [0.29, 0.717) is 35.4 Å². The third kappa shape index (κ3) is 3.19. The van der Waals surface area contributed by atoms with Crippen LogP contribution in [0.2, 0.25) is 0 Å². The molecule has 6 rings (SSSR count). The minimum absolute atomic E-state index is 0.0807. The van der Waals surface area contributed by atoms with E-state index in [9.17, 15) is 4.79 Å². The van der Waals surface area contributed by atoms with E-state index >= 15 is 0 Å². The molecular formula is C23H29N5O2. The van der Waals surface area contributed by atoms with Crippen molar-refractivity contribution in [2.45, 2.75) is 64.3 Å². The van der Waals surface area contributed by atoms with Gasteiger partial charge in [-0.25, -0.2) is 14.6 Å². The molecule has 7 nitrogen and oxygen atoms in total. The van der Waals surface area contributed by atoms with Crippen molar-refractivity contribution in [1.82, 2.24) is 24.6 Å². The summed E-state index contributed by atoms with van der Waals surface area (Å²) in [6.07, 6.45) is 10.7. The monoisotopic (exact) mass is 407 g/mol. The molecule has 1 amide bonds. The Kier molecular flexibility index (Phi) is 3.84. The highest BCUT2D eigenvalue weighted by Crippen LogP contribution is 2.54. The van der Waals surface area contributed by atoms with Crippen LogP contribution in [0.3, 0.4) is 0 Å². The average molecular weight is 408 g/mol. The van der Waals surface area contributed by atoms with E-state index in [1.165, 1.54) is 25.7 Å². The van der Waals surface area contributed by atoms with Gasteiger partial charge in [0.1, 0.15) is 6.33 Å². The average Bonchev–Trinajstić information content (AvgIpc) is 3.59. The zero-order chi connectivity index (χ0) is 20.5. The van der Waals surface area contributed by atoms with E-state index in [-0.39, 0.29) is 11.3 Å². The van der Waals surface area contributed by atoms with Crippen LogP contribution in [0.4, 0.5) is 0 Å². The highest BCUT2D eigenvalue weighted by atomic mass is 16.5. The third-order valence-corrected chi connectivity index (χ3v) is 7.46. The van der Waals surface area contributed by atoms with Crippen LogP contribution >= 0.6 is 0 Å². The van der Waals surface area contributed by atoms with Crippen molar-refractivity contribution in [3.8, 4) is 5.88 Å². The van der Waals surface area contributed by atoms with Crippen molar-refractivity contribution in [2.75, 3.05) is 19.7 Å². The highest BCUT2D eigenvalue weighted by molar-refractivity contribution is 5.94. The number of aryl methyl sites for hydroxylation is 1. The Morgan fingerprint density at radius 1 is 1.23 bits per heavy atom. The van der Waals surface area contributed by atoms with Crippen LogP contribution in [0.1, 0.15) is 79.2 Å². The SMILES string of the molecule is Cc1cc(C(=O)N2CC3(CC(n4cnc(C5CC5)n4)C3)C2)cnc1OCC1(C)CC1. The first-order chi connectivity index (χ1) is 14.4. The second-order valence-corrected chi connectivity index (χ2v) is 10.5. The molecule has 30 heavy (non-hydrogen) atoms. The largest absolute Gasteiger partial charge is 0.477 e. The van der Waals surface area contributed by atoms with Gasteiger partial charge in [-0.05, 0) is 51.5 Å². The first kappa shape index (κ1) is 18.3. The molecule has 0 bridgehead atoms. The summed E-state index contributed by atoms with van der Waals surface area (Å²) in [7, 11) is 0. The standard InChI is InChI=1S/C23H29N5O2/c1-15-7-17(10-24-20(15)30-13-22(2)5-6-22)21(29)27-11-23(12-27)8-18(9-23)28-14-25-19(26-28)16-3-4-16/h7,10,14,16,18H,3-6,8-9,11-13H2,1-2H3. The number of ether oxygens (including phenoxy) is 1. The summed E-state index contributed by atoms with van der Waals surface area (Å²) in [5.74, 6) is 2.35. The fourth-order valence-electron chi connectivity index (χ4n) is 4.90. The zero-order valence-corrected chi connectivity index (χ0v) is 17.8. The van der Waals surface area contributed by atoms with E-state index in [2.05, 4.69) is 26.7 Å². The molecule has 3 heterocycles. The minimum Gasteiger partial charge on any atom is -0.477 e. The summed E-state index contributed by atoms with van der Waals surface area (Å²) in [5.41, 5.74) is 2.19. The number of hydrogen-bond donors (Lipinski definition) is 0. The molecule has 0 atom stereocenters. The van der Waals surface area contributed by atoms with Crippen molar-refractivity contribution < 1.29 is 9.53 Å². The number of likely N-dealkylation sites (tertiary alicyclic amines) is 1. The first-order valence-electron chi connectivity index (χ1n) is 11.2. The molecule has 158 valence electrons. The Hall–Kier alpha value is -2.44. The molecule has 1 saturated heterocycles. The molecule has 0 aromatic carbocycles. The Labute approximate surface area is 176 Å². The number of amides is 1. The number of carbonyl (C=O) groups excluding carboxylic acids is 1. The van der Waals surface area contributed by atoms with Gasteiger partial charge in [0, 0.05) is 41.6 Å². The Morgan fingerprint density at radius 2 is 2.00 bits per heavy atom. The van der Waals surface area contributed by atoms with Gasteiger partial charge in [0.25, 0.3) is 5.91 Å². The normalized spacial score (nSPS) is 23.7. The van der Waals surface area contributed by atoms with Gasteiger partial charge in [-0.2, -0.15) is 5.10 Å². The predicted molar refractivity (Wildman–Crippen MR) is 110 cm³/mol. The molecule has 2 aromatic heterocycles. The molecule has 7 heteroatoms. The first-order valence-corrected chi connectivity index (χ1v) is 11.2. The van der Waals surface area contributed by atoms with Crippen molar-refractivity contribution >= 4 is 5.91 Å². The number of aromatic nitrogens is 4. The summed E-state index contributed by atoms with van der Waals surface area (Å²) in [6.45, 7) is 6.58. The number of carbonyl (C=O) groups is 1. The lowest BCUT2D eigenvalue weighted by molar-refractivity contribution is -0.0739. The van der Waals surface area contributed by atoms with Crippen LogP contribution in [0, 0.1) is 17.8 Å². The molecule has 3 saturated carbocycles. The topological polar surface area (TPSA) is 73.1 Å². The fourth-order valence-corrected chi connectivity index (χ4v) is 4.90. The molecule has 1 aliphatic heterocycles. The Morgan fingerprint density at radius 3 is 2.67 bits per heavy atom.